The summed E-state index contributed by atoms with van der Waals surface area (Å²) in [6, 6.07) is 1.66. The SMILES string of the molecule is COC(=O)c1cc(Br)cnc1-n1ccnc1. The molecule has 0 atom stereocenters. The molecule has 82 valence electrons. The number of imidazole rings is 1. The third kappa shape index (κ3) is 1.96. The molecule has 0 radical (unpaired) electrons. The molecule has 5 nitrogen and oxygen atoms in total. The summed E-state index contributed by atoms with van der Waals surface area (Å²) in [7, 11) is 1.33. The van der Waals surface area contributed by atoms with Gasteiger partial charge < -0.3 is 4.74 Å². The Morgan fingerprint density at radius 3 is 3.00 bits per heavy atom. The van der Waals surface area contributed by atoms with Crippen molar-refractivity contribution < 1.29 is 9.53 Å². The molecular formula is C10H8BrN3O2. The normalized spacial score (nSPS) is 10.1. The summed E-state index contributed by atoms with van der Waals surface area (Å²) in [6.07, 6.45) is 6.51. The summed E-state index contributed by atoms with van der Waals surface area (Å²) in [5.41, 5.74) is 0.384. The molecule has 2 aromatic heterocycles. The zero-order chi connectivity index (χ0) is 11.5. The second kappa shape index (κ2) is 4.44. The predicted octanol–water partition coefficient (Wildman–Crippen LogP) is 1.82. The molecule has 0 saturated heterocycles. The number of pyridine rings is 1. The molecule has 2 rings (SSSR count). The Bertz CT molecular complexity index is 511. The van der Waals surface area contributed by atoms with Gasteiger partial charge >= 0.3 is 5.97 Å². The maximum atomic E-state index is 11.6. The fraction of sp³-hybridized carbons (Fsp3) is 0.100. The standard InChI is InChI=1S/C10H8BrN3O2/c1-16-10(15)8-4-7(11)5-13-9(8)14-3-2-12-6-14/h2-6H,1H3. The van der Waals surface area contributed by atoms with Gasteiger partial charge in [0.05, 0.1) is 7.11 Å². The summed E-state index contributed by atoms with van der Waals surface area (Å²) in [5.74, 6) is 0.0602. The van der Waals surface area contributed by atoms with E-state index in [1.807, 2.05) is 0 Å². The molecule has 2 heterocycles. The topological polar surface area (TPSA) is 57.0 Å². The molecule has 0 N–H and O–H groups in total. The first kappa shape index (κ1) is 10.8. The van der Waals surface area contributed by atoms with Gasteiger partial charge in [-0.05, 0) is 22.0 Å². The number of methoxy groups -OCH3 is 1. The lowest BCUT2D eigenvalue weighted by Gasteiger charge is -2.07. The molecule has 0 saturated carbocycles. The second-order valence-electron chi connectivity index (χ2n) is 2.99. The molecule has 0 fully saturated rings. The van der Waals surface area contributed by atoms with Crippen LogP contribution in [0.25, 0.3) is 5.82 Å². The Hall–Kier alpha value is -1.69. The highest BCUT2D eigenvalue weighted by molar-refractivity contribution is 9.10. The third-order valence-electron chi connectivity index (χ3n) is 1.99. The summed E-state index contributed by atoms with van der Waals surface area (Å²) >= 11 is 3.26. The van der Waals surface area contributed by atoms with E-state index in [0.717, 1.165) is 4.47 Å². The highest BCUT2D eigenvalue weighted by Crippen LogP contribution is 2.17. The Kier molecular flexibility index (Phi) is 3.00. The van der Waals surface area contributed by atoms with Gasteiger partial charge in [0, 0.05) is 23.1 Å². The predicted molar refractivity (Wildman–Crippen MR) is 60.4 cm³/mol. The minimum atomic E-state index is -0.433. The highest BCUT2D eigenvalue weighted by atomic mass is 79.9. The molecule has 0 aliphatic carbocycles. The minimum Gasteiger partial charge on any atom is -0.465 e. The number of hydrogen-bond acceptors (Lipinski definition) is 4. The number of ether oxygens (including phenoxy) is 1. The van der Waals surface area contributed by atoms with E-state index in [0.29, 0.717) is 11.4 Å². The molecule has 0 bridgehead atoms. The first-order valence-electron chi connectivity index (χ1n) is 4.44. The Balaban J connectivity index is 2.57. The van der Waals surface area contributed by atoms with Crippen molar-refractivity contribution in [2.24, 2.45) is 0 Å². The summed E-state index contributed by atoms with van der Waals surface area (Å²) in [6.45, 7) is 0. The van der Waals surface area contributed by atoms with E-state index in [2.05, 4.69) is 25.9 Å². The van der Waals surface area contributed by atoms with Gasteiger partial charge in [-0.2, -0.15) is 0 Å². The van der Waals surface area contributed by atoms with Crippen molar-refractivity contribution in [2.75, 3.05) is 7.11 Å². The highest BCUT2D eigenvalue weighted by Gasteiger charge is 2.14. The number of halogens is 1. The van der Waals surface area contributed by atoms with E-state index >= 15 is 0 Å². The minimum absolute atomic E-state index is 0.384. The van der Waals surface area contributed by atoms with Gasteiger partial charge in [-0.3, -0.25) is 4.57 Å². The largest absolute Gasteiger partial charge is 0.465 e. The number of carbonyl (C=O) groups excluding carboxylic acids is 1. The van der Waals surface area contributed by atoms with Crippen LogP contribution in [0.2, 0.25) is 0 Å². The van der Waals surface area contributed by atoms with Crippen molar-refractivity contribution in [3.63, 3.8) is 0 Å². The fourth-order valence-corrected chi connectivity index (χ4v) is 1.61. The van der Waals surface area contributed by atoms with Crippen LogP contribution in [0.3, 0.4) is 0 Å². The zero-order valence-electron chi connectivity index (χ0n) is 8.42. The Labute approximate surface area is 100 Å². The first-order valence-corrected chi connectivity index (χ1v) is 5.24. The van der Waals surface area contributed by atoms with Crippen molar-refractivity contribution >= 4 is 21.9 Å². The number of carbonyl (C=O) groups is 1. The summed E-state index contributed by atoms with van der Waals surface area (Å²) < 4.78 is 7.07. The number of hydrogen-bond donors (Lipinski definition) is 0. The van der Waals surface area contributed by atoms with Gasteiger partial charge in [0.15, 0.2) is 5.82 Å². The van der Waals surface area contributed by atoms with E-state index in [4.69, 9.17) is 4.74 Å². The van der Waals surface area contributed by atoms with Crippen LogP contribution in [0, 0.1) is 0 Å². The maximum absolute atomic E-state index is 11.6. The molecule has 0 aliphatic heterocycles. The van der Waals surface area contributed by atoms with Gasteiger partial charge in [0.2, 0.25) is 0 Å². The van der Waals surface area contributed by atoms with Crippen molar-refractivity contribution in [1.82, 2.24) is 14.5 Å². The third-order valence-corrected chi connectivity index (χ3v) is 2.42. The smallest absolute Gasteiger partial charge is 0.341 e. The maximum Gasteiger partial charge on any atom is 0.341 e. The summed E-state index contributed by atoms with van der Waals surface area (Å²) in [4.78, 5) is 19.6. The number of esters is 1. The van der Waals surface area contributed by atoms with Gasteiger partial charge in [-0.25, -0.2) is 14.8 Å². The molecule has 16 heavy (non-hydrogen) atoms. The van der Waals surface area contributed by atoms with E-state index in [1.54, 1.807) is 35.6 Å². The lowest BCUT2D eigenvalue weighted by Crippen LogP contribution is -2.08. The zero-order valence-corrected chi connectivity index (χ0v) is 10.0. The van der Waals surface area contributed by atoms with E-state index < -0.39 is 5.97 Å². The van der Waals surface area contributed by atoms with Crippen LogP contribution in [0.4, 0.5) is 0 Å². The van der Waals surface area contributed by atoms with Crippen LogP contribution in [-0.4, -0.2) is 27.6 Å². The second-order valence-corrected chi connectivity index (χ2v) is 3.90. The molecule has 0 aliphatic rings. The summed E-state index contributed by atoms with van der Waals surface area (Å²) in [5, 5.41) is 0. The number of nitrogens with zero attached hydrogens (tertiary/aromatic N) is 3. The monoisotopic (exact) mass is 281 g/mol. The van der Waals surface area contributed by atoms with Crippen LogP contribution in [0.15, 0.2) is 35.5 Å². The van der Waals surface area contributed by atoms with E-state index in [9.17, 15) is 4.79 Å². The number of rotatable bonds is 2. The van der Waals surface area contributed by atoms with E-state index in [1.165, 1.54) is 7.11 Å². The van der Waals surface area contributed by atoms with Gasteiger partial charge in [-0.1, -0.05) is 0 Å². The molecule has 0 amide bonds. The Morgan fingerprint density at radius 2 is 2.38 bits per heavy atom. The lowest BCUT2D eigenvalue weighted by molar-refractivity contribution is 0.0600. The Morgan fingerprint density at radius 1 is 1.56 bits per heavy atom. The average Bonchev–Trinajstić information content (AvgIpc) is 2.81. The molecule has 0 spiro atoms. The van der Waals surface area contributed by atoms with Gasteiger partial charge in [0.1, 0.15) is 11.9 Å². The fourth-order valence-electron chi connectivity index (χ4n) is 1.28. The number of aromatic nitrogens is 3. The van der Waals surface area contributed by atoms with Crippen LogP contribution in [0.1, 0.15) is 10.4 Å². The molecule has 0 unspecified atom stereocenters. The van der Waals surface area contributed by atoms with Crippen molar-refractivity contribution in [1.29, 1.82) is 0 Å². The molecule has 6 heteroatoms. The van der Waals surface area contributed by atoms with Crippen LogP contribution in [0.5, 0.6) is 0 Å². The van der Waals surface area contributed by atoms with Crippen molar-refractivity contribution in [3.8, 4) is 5.82 Å². The first-order chi connectivity index (χ1) is 7.72. The molecule has 0 aromatic carbocycles. The van der Waals surface area contributed by atoms with Crippen LogP contribution < -0.4 is 0 Å². The van der Waals surface area contributed by atoms with Gasteiger partial charge in [0.25, 0.3) is 0 Å². The van der Waals surface area contributed by atoms with Crippen LogP contribution >= 0.6 is 15.9 Å². The van der Waals surface area contributed by atoms with Crippen molar-refractivity contribution in [3.05, 3.63) is 41.0 Å². The van der Waals surface area contributed by atoms with Gasteiger partial charge in [-0.15, -0.1) is 0 Å². The quantitative estimate of drug-likeness (QED) is 0.788. The molecule has 2 aromatic rings. The van der Waals surface area contributed by atoms with Crippen molar-refractivity contribution in [2.45, 2.75) is 0 Å². The van der Waals surface area contributed by atoms with E-state index in [-0.39, 0.29) is 0 Å². The van der Waals surface area contributed by atoms with Crippen LogP contribution in [-0.2, 0) is 4.74 Å². The molecular weight excluding hydrogens is 274 g/mol. The average molecular weight is 282 g/mol. The lowest BCUT2D eigenvalue weighted by atomic mass is 10.2.